The van der Waals surface area contributed by atoms with E-state index in [0.717, 1.165) is 65.0 Å². The molecule has 0 aliphatic carbocycles. The average molecular weight is 609 g/mol. The Kier molecular flexibility index (Phi) is 25.9. The van der Waals surface area contributed by atoms with Crippen molar-refractivity contribution in [1.82, 2.24) is 18.3 Å². The van der Waals surface area contributed by atoms with Crippen LogP contribution in [0.1, 0.15) is 121 Å². The van der Waals surface area contributed by atoms with E-state index in [1.165, 1.54) is 25.7 Å². The average Bonchev–Trinajstić information content (AvgIpc) is 2.94. The lowest BCUT2D eigenvalue weighted by molar-refractivity contribution is 0.0687. The van der Waals surface area contributed by atoms with Gasteiger partial charge in [0.25, 0.3) is 0 Å². The zero-order chi connectivity index (χ0) is 31.2. The minimum Gasteiger partial charge on any atom is -0.374 e. The SMILES string of the molecule is CCCCN(CCC)[Si](OC)(OC)N(CCC)CCCC.CCCN(C(C)C)[Si](OC)(OC)N(CCC)C(C)C. The highest BCUT2D eigenvalue weighted by molar-refractivity contribution is 6.62. The summed E-state index contributed by atoms with van der Waals surface area (Å²) in [5.41, 5.74) is 0. The van der Waals surface area contributed by atoms with E-state index in [1.807, 2.05) is 14.2 Å². The van der Waals surface area contributed by atoms with Gasteiger partial charge in [0.15, 0.2) is 0 Å². The summed E-state index contributed by atoms with van der Waals surface area (Å²) in [5.74, 6) is 0. The van der Waals surface area contributed by atoms with Gasteiger partial charge in [0.05, 0.1) is 0 Å². The van der Waals surface area contributed by atoms with Crippen molar-refractivity contribution in [3.05, 3.63) is 0 Å². The Morgan fingerprint density at radius 1 is 0.425 bits per heavy atom. The maximum absolute atomic E-state index is 6.08. The van der Waals surface area contributed by atoms with Crippen LogP contribution in [0.2, 0.25) is 0 Å². The number of hydrogen-bond acceptors (Lipinski definition) is 8. The largest absolute Gasteiger partial charge is 0.522 e. The van der Waals surface area contributed by atoms with Gasteiger partial charge in [-0.15, -0.1) is 0 Å². The van der Waals surface area contributed by atoms with Crippen molar-refractivity contribution in [1.29, 1.82) is 0 Å². The zero-order valence-corrected chi connectivity index (χ0v) is 31.5. The van der Waals surface area contributed by atoms with Crippen molar-refractivity contribution >= 4 is 17.8 Å². The third kappa shape index (κ3) is 12.8. The summed E-state index contributed by atoms with van der Waals surface area (Å²) < 4.78 is 34.0. The molecule has 0 heterocycles. The van der Waals surface area contributed by atoms with Gasteiger partial charge in [0.2, 0.25) is 0 Å². The van der Waals surface area contributed by atoms with Crippen molar-refractivity contribution in [3.63, 3.8) is 0 Å². The molecular formula is C30H72N4O4Si2. The third-order valence-corrected chi connectivity index (χ3v) is 14.9. The molecule has 0 spiro atoms. The van der Waals surface area contributed by atoms with Gasteiger partial charge in [-0.05, 0) is 77.8 Å². The summed E-state index contributed by atoms with van der Waals surface area (Å²) in [5, 5.41) is 0. The summed E-state index contributed by atoms with van der Waals surface area (Å²) in [6.07, 6.45) is 9.32. The molecule has 244 valence electrons. The van der Waals surface area contributed by atoms with Crippen LogP contribution in [0.15, 0.2) is 0 Å². The predicted molar refractivity (Wildman–Crippen MR) is 177 cm³/mol. The van der Waals surface area contributed by atoms with E-state index in [2.05, 4.69) is 87.5 Å². The van der Waals surface area contributed by atoms with E-state index in [1.54, 1.807) is 14.2 Å². The van der Waals surface area contributed by atoms with Gasteiger partial charge in [-0.25, -0.2) is 0 Å². The summed E-state index contributed by atoms with van der Waals surface area (Å²) in [4.78, 5) is 0. The molecule has 0 fully saturated rings. The van der Waals surface area contributed by atoms with Gasteiger partial charge in [0.1, 0.15) is 0 Å². The quantitative estimate of drug-likeness (QED) is 0.112. The van der Waals surface area contributed by atoms with Gasteiger partial charge in [0, 0.05) is 40.5 Å². The van der Waals surface area contributed by atoms with Gasteiger partial charge in [-0.3, -0.25) is 18.3 Å². The molecule has 0 amide bonds. The predicted octanol–water partition coefficient (Wildman–Crippen LogP) is 6.69. The number of unbranched alkanes of at least 4 members (excludes halogenated alkanes) is 2. The van der Waals surface area contributed by atoms with Crippen LogP contribution in [0.25, 0.3) is 0 Å². The van der Waals surface area contributed by atoms with Crippen LogP contribution in [0.4, 0.5) is 0 Å². The maximum atomic E-state index is 6.08. The molecule has 0 bridgehead atoms. The normalized spacial score (nSPS) is 12.9. The number of rotatable bonds is 24. The lowest BCUT2D eigenvalue weighted by Gasteiger charge is -2.47. The molecule has 0 radical (unpaired) electrons. The minimum absolute atomic E-state index is 0.421. The Hall–Kier alpha value is 0.114. The van der Waals surface area contributed by atoms with Crippen molar-refractivity contribution in [2.75, 3.05) is 67.7 Å². The smallest absolute Gasteiger partial charge is 0.374 e. The summed E-state index contributed by atoms with van der Waals surface area (Å²) >= 11 is 0. The molecule has 0 aromatic heterocycles. The molecule has 0 rings (SSSR count). The van der Waals surface area contributed by atoms with Crippen molar-refractivity contribution in [3.8, 4) is 0 Å². The van der Waals surface area contributed by atoms with E-state index < -0.39 is 17.8 Å². The molecule has 0 aromatic rings. The van der Waals surface area contributed by atoms with Crippen LogP contribution in [0.3, 0.4) is 0 Å². The minimum atomic E-state index is -2.50. The van der Waals surface area contributed by atoms with Crippen LogP contribution >= 0.6 is 0 Å². The van der Waals surface area contributed by atoms with E-state index in [0.29, 0.717) is 12.1 Å². The van der Waals surface area contributed by atoms with Crippen LogP contribution in [-0.2, 0) is 17.7 Å². The Balaban J connectivity index is 0. The van der Waals surface area contributed by atoms with Crippen molar-refractivity contribution in [2.45, 2.75) is 133 Å². The fourth-order valence-electron chi connectivity index (χ4n) is 5.48. The topological polar surface area (TPSA) is 49.9 Å². The molecule has 0 saturated heterocycles. The van der Waals surface area contributed by atoms with Gasteiger partial charge < -0.3 is 17.7 Å². The molecule has 0 atom stereocenters. The van der Waals surface area contributed by atoms with Crippen molar-refractivity contribution < 1.29 is 17.7 Å². The van der Waals surface area contributed by atoms with Gasteiger partial charge in [-0.2, -0.15) is 0 Å². The molecule has 0 N–H and O–H groups in total. The molecule has 0 unspecified atom stereocenters. The first-order chi connectivity index (χ1) is 19.1. The highest BCUT2D eigenvalue weighted by Gasteiger charge is 2.52. The Morgan fingerprint density at radius 2 is 0.725 bits per heavy atom. The first-order valence-corrected chi connectivity index (χ1v) is 19.7. The molecule has 0 aromatic carbocycles. The lowest BCUT2D eigenvalue weighted by Crippen LogP contribution is -2.72. The van der Waals surface area contributed by atoms with Gasteiger partial charge >= 0.3 is 17.8 Å². The Labute approximate surface area is 253 Å². The van der Waals surface area contributed by atoms with Gasteiger partial charge in [-0.1, -0.05) is 82.1 Å². The zero-order valence-electron chi connectivity index (χ0n) is 29.5. The highest BCUT2D eigenvalue weighted by Crippen LogP contribution is 2.24. The standard InChI is InChI=1S/C16H38N2O2Si.C14H34N2O2Si/c1-7-11-15-17(13-9-3)21(19-5,20-6)18(14-10-4)16-12-8-2;1-9-11-15(13(3)4)19(17-7,18-8)16(12-10-2)14(5)6/h7-16H2,1-6H3;13-14H,9-12H2,1-8H3. The van der Waals surface area contributed by atoms with E-state index in [4.69, 9.17) is 17.7 Å². The molecular weight excluding hydrogens is 537 g/mol. The highest BCUT2D eigenvalue weighted by atomic mass is 28.4. The van der Waals surface area contributed by atoms with E-state index in [-0.39, 0.29) is 0 Å². The molecule has 8 nitrogen and oxygen atoms in total. The van der Waals surface area contributed by atoms with E-state index >= 15 is 0 Å². The molecule has 0 saturated carbocycles. The second-order valence-corrected chi connectivity index (χ2v) is 17.4. The van der Waals surface area contributed by atoms with Crippen LogP contribution < -0.4 is 0 Å². The molecule has 0 aliphatic heterocycles. The van der Waals surface area contributed by atoms with Crippen LogP contribution in [-0.4, -0.2) is 116 Å². The second kappa shape index (κ2) is 24.5. The lowest BCUT2D eigenvalue weighted by atomic mass is 10.3. The fourth-order valence-corrected chi connectivity index (χ4v) is 12.7. The first kappa shape index (κ1) is 42.2. The first-order valence-electron chi connectivity index (χ1n) is 16.3. The number of hydrogen-bond donors (Lipinski definition) is 0. The third-order valence-electron chi connectivity index (χ3n) is 7.31. The Morgan fingerprint density at radius 3 is 0.925 bits per heavy atom. The maximum Gasteiger partial charge on any atom is 0.522 e. The monoisotopic (exact) mass is 609 g/mol. The van der Waals surface area contributed by atoms with Crippen molar-refractivity contribution in [2.24, 2.45) is 0 Å². The Bertz CT molecular complexity index is 528. The number of nitrogens with zero attached hydrogens (tertiary/aromatic N) is 4. The molecule has 40 heavy (non-hydrogen) atoms. The summed E-state index contributed by atoms with van der Waals surface area (Å²) in [6.45, 7) is 28.5. The fraction of sp³-hybridized carbons (Fsp3) is 1.00. The summed E-state index contributed by atoms with van der Waals surface area (Å²) in [6, 6.07) is 0.842. The van der Waals surface area contributed by atoms with E-state index in [9.17, 15) is 0 Å². The summed E-state index contributed by atoms with van der Waals surface area (Å²) in [7, 11) is 2.30. The van der Waals surface area contributed by atoms with Crippen LogP contribution in [0.5, 0.6) is 0 Å². The van der Waals surface area contributed by atoms with Crippen LogP contribution in [0, 0.1) is 0 Å². The molecule has 0 aliphatic rings. The second-order valence-electron chi connectivity index (χ2n) is 11.2. The molecule has 10 heteroatoms.